The minimum atomic E-state index is 0.256. The standard InChI is InChI=1S/C17H18N8/c1-12-9-14(23-15-10-18-6-7-19-15)24-16(22-12)13-3-8-25(11-13)17-20-4-2-5-21-17/h2,4-7,9-10,13H,3,8,11H2,1H3,(H,19,22,23,24)/t13-/m1/s1. The van der Waals surface area contributed by atoms with Crippen LogP contribution in [0, 0.1) is 6.92 Å². The maximum absolute atomic E-state index is 4.68. The number of rotatable bonds is 4. The first kappa shape index (κ1) is 15.4. The van der Waals surface area contributed by atoms with Crippen LogP contribution in [0.15, 0.2) is 43.1 Å². The minimum absolute atomic E-state index is 0.256. The zero-order valence-electron chi connectivity index (χ0n) is 13.9. The van der Waals surface area contributed by atoms with Gasteiger partial charge in [-0.3, -0.25) is 4.98 Å². The van der Waals surface area contributed by atoms with E-state index < -0.39 is 0 Å². The van der Waals surface area contributed by atoms with Crippen LogP contribution < -0.4 is 10.2 Å². The van der Waals surface area contributed by atoms with E-state index in [1.165, 1.54) is 0 Å². The van der Waals surface area contributed by atoms with Gasteiger partial charge in [-0.25, -0.2) is 24.9 Å². The number of hydrogen-bond donors (Lipinski definition) is 1. The molecule has 8 heteroatoms. The van der Waals surface area contributed by atoms with E-state index in [4.69, 9.17) is 0 Å². The lowest BCUT2D eigenvalue weighted by atomic mass is 10.1. The normalized spacial score (nSPS) is 16.8. The highest BCUT2D eigenvalue weighted by molar-refractivity contribution is 5.50. The van der Waals surface area contributed by atoms with Crippen molar-refractivity contribution in [3.05, 3.63) is 54.6 Å². The van der Waals surface area contributed by atoms with Gasteiger partial charge in [0.05, 0.1) is 6.20 Å². The van der Waals surface area contributed by atoms with Crippen LogP contribution in [-0.2, 0) is 0 Å². The van der Waals surface area contributed by atoms with Crippen molar-refractivity contribution in [1.82, 2.24) is 29.9 Å². The van der Waals surface area contributed by atoms with E-state index in [1.807, 2.05) is 19.1 Å². The van der Waals surface area contributed by atoms with Gasteiger partial charge >= 0.3 is 0 Å². The highest BCUT2D eigenvalue weighted by Crippen LogP contribution is 2.28. The van der Waals surface area contributed by atoms with Gasteiger partial charge < -0.3 is 10.2 Å². The summed E-state index contributed by atoms with van der Waals surface area (Å²) in [7, 11) is 0. The molecule has 1 fully saturated rings. The molecule has 1 aliphatic heterocycles. The smallest absolute Gasteiger partial charge is 0.225 e. The summed E-state index contributed by atoms with van der Waals surface area (Å²) in [6.07, 6.45) is 9.46. The first-order chi connectivity index (χ1) is 12.3. The van der Waals surface area contributed by atoms with Crippen molar-refractivity contribution in [2.45, 2.75) is 19.3 Å². The molecule has 0 bridgehead atoms. The second kappa shape index (κ2) is 6.76. The topological polar surface area (TPSA) is 92.6 Å². The van der Waals surface area contributed by atoms with Crippen LogP contribution in [0.25, 0.3) is 0 Å². The fraction of sp³-hybridized carbons (Fsp3) is 0.294. The van der Waals surface area contributed by atoms with Crippen LogP contribution in [0.4, 0.5) is 17.6 Å². The van der Waals surface area contributed by atoms with Crippen LogP contribution in [0.5, 0.6) is 0 Å². The Kier molecular flexibility index (Phi) is 4.16. The number of aryl methyl sites for hydroxylation is 1. The Morgan fingerprint density at radius 1 is 1.04 bits per heavy atom. The summed E-state index contributed by atoms with van der Waals surface area (Å²) in [5.41, 5.74) is 0.922. The van der Waals surface area contributed by atoms with Crippen LogP contribution in [0.2, 0.25) is 0 Å². The van der Waals surface area contributed by atoms with E-state index in [-0.39, 0.29) is 5.92 Å². The number of anilines is 3. The summed E-state index contributed by atoms with van der Waals surface area (Å²) in [6.45, 7) is 3.69. The zero-order chi connectivity index (χ0) is 17.1. The number of hydrogen-bond acceptors (Lipinski definition) is 8. The van der Waals surface area contributed by atoms with Crippen LogP contribution in [0.1, 0.15) is 23.9 Å². The highest BCUT2D eigenvalue weighted by atomic mass is 15.3. The Hall–Kier alpha value is -3.16. The van der Waals surface area contributed by atoms with Crippen molar-refractivity contribution in [1.29, 1.82) is 0 Å². The highest BCUT2D eigenvalue weighted by Gasteiger charge is 2.28. The average Bonchev–Trinajstić information content (AvgIpc) is 3.13. The number of nitrogens with zero attached hydrogens (tertiary/aromatic N) is 7. The van der Waals surface area contributed by atoms with E-state index in [9.17, 15) is 0 Å². The first-order valence-corrected chi connectivity index (χ1v) is 8.18. The third-order valence-electron chi connectivity index (χ3n) is 4.08. The Balaban J connectivity index is 1.53. The number of aromatic nitrogens is 6. The molecule has 0 amide bonds. The van der Waals surface area contributed by atoms with Crippen LogP contribution >= 0.6 is 0 Å². The van der Waals surface area contributed by atoms with E-state index in [0.717, 1.165) is 42.8 Å². The molecule has 4 heterocycles. The second-order valence-electron chi connectivity index (χ2n) is 5.95. The molecule has 25 heavy (non-hydrogen) atoms. The molecule has 0 spiro atoms. The van der Waals surface area contributed by atoms with Crippen molar-refractivity contribution in [2.75, 3.05) is 23.3 Å². The summed E-state index contributed by atoms with van der Waals surface area (Å²) >= 11 is 0. The zero-order valence-corrected chi connectivity index (χ0v) is 13.9. The van der Waals surface area contributed by atoms with Gasteiger partial charge in [0, 0.05) is 55.6 Å². The van der Waals surface area contributed by atoms with Crippen LogP contribution in [-0.4, -0.2) is 43.0 Å². The summed E-state index contributed by atoms with van der Waals surface area (Å²) in [5, 5.41) is 3.19. The van der Waals surface area contributed by atoms with E-state index in [1.54, 1.807) is 31.0 Å². The van der Waals surface area contributed by atoms with Crippen molar-refractivity contribution in [2.24, 2.45) is 0 Å². The molecule has 0 saturated carbocycles. The monoisotopic (exact) mass is 334 g/mol. The molecule has 4 rings (SSSR count). The van der Waals surface area contributed by atoms with Gasteiger partial charge in [-0.2, -0.15) is 0 Å². The van der Waals surface area contributed by atoms with Gasteiger partial charge in [0.1, 0.15) is 17.5 Å². The van der Waals surface area contributed by atoms with E-state index in [0.29, 0.717) is 5.82 Å². The van der Waals surface area contributed by atoms with Gasteiger partial charge in [-0.05, 0) is 19.4 Å². The van der Waals surface area contributed by atoms with Gasteiger partial charge in [-0.15, -0.1) is 0 Å². The fourth-order valence-electron chi connectivity index (χ4n) is 2.94. The fourth-order valence-corrected chi connectivity index (χ4v) is 2.94. The first-order valence-electron chi connectivity index (χ1n) is 8.18. The predicted octanol–water partition coefficient (Wildman–Crippen LogP) is 2.10. The molecule has 0 aliphatic carbocycles. The van der Waals surface area contributed by atoms with Crippen LogP contribution in [0.3, 0.4) is 0 Å². The molecule has 126 valence electrons. The molecule has 1 aliphatic rings. The largest absolute Gasteiger partial charge is 0.340 e. The lowest BCUT2D eigenvalue weighted by Gasteiger charge is -2.16. The lowest BCUT2D eigenvalue weighted by Crippen LogP contribution is -2.22. The maximum atomic E-state index is 4.68. The lowest BCUT2D eigenvalue weighted by molar-refractivity contribution is 0.704. The second-order valence-corrected chi connectivity index (χ2v) is 5.95. The molecule has 3 aromatic rings. The van der Waals surface area contributed by atoms with Crippen molar-refractivity contribution < 1.29 is 0 Å². The van der Waals surface area contributed by atoms with Crippen molar-refractivity contribution in [3.8, 4) is 0 Å². The SMILES string of the molecule is Cc1cc(Nc2cnccn2)nc([C@@H]2CCN(c3ncccn3)C2)n1. The molecule has 3 aromatic heterocycles. The molecule has 1 N–H and O–H groups in total. The summed E-state index contributed by atoms with van der Waals surface area (Å²) in [5.74, 6) is 3.25. The van der Waals surface area contributed by atoms with Crippen molar-refractivity contribution in [3.63, 3.8) is 0 Å². The molecular weight excluding hydrogens is 316 g/mol. The molecule has 0 radical (unpaired) electrons. The molecule has 0 unspecified atom stereocenters. The predicted molar refractivity (Wildman–Crippen MR) is 93.7 cm³/mol. The Labute approximate surface area is 145 Å². The Bertz CT molecular complexity index is 840. The minimum Gasteiger partial charge on any atom is -0.340 e. The van der Waals surface area contributed by atoms with Gasteiger partial charge in [0.2, 0.25) is 5.95 Å². The van der Waals surface area contributed by atoms with Gasteiger partial charge in [0.15, 0.2) is 0 Å². The van der Waals surface area contributed by atoms with Crippen molar-refractivity contribution >= 4 is 17.6 Å². The summed E-state index contributed by atoms with van der Waals surface area (Å²) < 4.78 is 0. The third-order valence-corrected chi connectivity index (χ3v) is 4.08. The average molecular weight is 334 g/mol. The molecule has 0 aromatic carbocycles. The Morgan fingerprint density at radius 2 is 1.92 bits per heavy atom. The van der Waals surface area contributed by atoms with Gasteiger partial charge in [-0.1, -0.05) is 0 Å². The Morgan fingerprint density at radius 3 is 2.72 bits per heavy atom. The summed E-state index contributed by atoms with van der Waals surface area (Å²) in [4.78, 5) is 28.4. The molecular formula is C17H18N8. The number of nitrogens with one attached hydrogen (secondary N) is 1. The summed E-state index contributed by atoms with van der Waals surface area (Å²) in [6, 6.07) is 3.73. The molecule has 8 nitrogen and oxygen atoms in total. The quantitative estimate of drug-likeness (QED) is 0.775. The van der Waals surface area contributed by atoms with E-state index in [2.05, 4.69) is 40.1 Å². The molecule has 1 saturated heterocycles. The molecule has 1 atom stereocenters. The van der Waals surface area contributed by atoms with Gasteiger partial charge in [0.25, 0.3) is 0 Å². The maximum Gasteiger partial charge on any atom is 0.225 e. The van der Waals surface area contributed by atoms with E-state index >= 15 is 0 Å². The third kappa shape index (κ3) is 3.52.